The van der Waals surface area contributed by atoms with Crippen molar-refractivity contribution in [1.29, 1.82) is 0 Å². The normalized spacial score (nSPS) is 11.3. The third kappa shape index (κ3) is 4.34. The fourth-order valence-corrected chi connectivity index (χ4v) is 1.35. The molecule has 1 aromatic rings. The number of ether oxygens (including phenoxy) is 1. The Kier molecular flexibility index (Phi) is 3.98. The number of carboxylic acid groups (broad SMARTS) is 1. The van der Waals surface area contributed by atoms with E-state index >= 15 is 0 Å². The molecule has 0 heterocycles. The van der Waals surface area contributed by atoms with Gasteiger partial charge in [0.05, 0.1) is 6.42 Å². The molecular formula is C11H11F3O3. The second kappa shape index (κ2) is 5.07. The van der Waals surface area contributed by atoms with Gasteiger partial charge in [-0.1, -0.05) is 19.1 Å². The van der Waals surface area contributed by atoms with Gasteiger partial charge >= 0.3 is 12.3 Å². The van der Waals surface area contributed by atoms with Gasteiger partial charge in [0, 0.05) is 5.56 Å². The molecule has 0 aliphatic rings. The van der Waals surface area contributed by atoms with Crippen LogP contribution in [0.15, 0.2) is 18.2 Å². The molecule has 0 aliphatic heterocycles. The van der Waals surface area contributed by atoms with Gasteiger partial charge in [-0.2, -0.15) is 0 Å². The quantitative estimate of drug-likeness (QED) is 0.891. The molecule has 0 bridgehead atoms. The Morgan fingerprint density at radius 3 is 2.53 bits per heavy atom. The average molecular weight is 248 g/mol. The predicted molar refractivity (Wildman–Crippen MR) is 53.8 cm³/mol. The van der Waals surface area contributed by atoms with E-state index in [1.807, 2.05) is 0 Å². The fraction of sp³-hybridized carbons (Fsp3) is 0.364. The maximum Gasteiger partial charge on any atom is 0.573 e. The lowest BCUT2D eigenvalue weighted by Gasteiger charge is -2.13. The Morgan fingerprint density at radius 2 is 2.06 bits per heavy atom. The molecule has 94 valence electrons. The average Bonchev–Trinajstić information content (AvgIpc) is 2.17. The van der Waals surface area contributed by atoms with Crippen LogP contribution in [0.1, 0.15) is 18.1 Å². The lowest BCUT2D eigenvalue weighted by Crippen LogP contribution is -2.19. The number of halogens is 3. The lowest BCUT2D eigenvalue weighted by molar-refractivity contribution is -0.275. The number of carboxylic acids is 1. The molecule has 0 fully saturated rings. The number of aryl methyl sites for hydroxylation is 1. The summed E-state index contributed by atoms with van der Waals surface area (Å²) in [5, 5.41) is 8.58. The summed E-state index contributed by atoms with van der Waals surface area (Å²) in [4.78, 5) is 10.5. The fourth-order valence-electron chi connectivity index (χ4n) is 1.35. The SMILES string of the molecule is CCc1ccc(CC(=O)O)c(OC(F)(F)F)c1. The minimum absolute atomic E-state index is 0.00650. The number of aliphatic carboxylic acids is 1. The van der Waals surface area contributed by atoms with E-state index in [9.17, 15) is 18.0 Å². The van der Waals surface area contributed by atoms with Gasteiger partial charge in [0.25, 0.3) is 0 Å². The molecule has 6 heteroatoms. The summed E-state index contributed by atoms with van der Waals surface area (Å²) in [5.41, 5.74) is 0.658. The number of benzene rings is 1. The molecule has 0 spiro atoms. The Morgan fingerprint density at radius 1 is 1.41 bits per heavy atom. The van der Waals surface area contributed by atoms with E-state index in [0.29, 0.717) is 12.0 Å². The maximum atomic E-state index is 12.1. The van der Waals surface area contributed by atoms with Crippen molar-refractivity contribution in [3.63, 3.8) is 0 Å². The summed E-state index contributed by atoms with van der Waals surface area (Å²) in [5.74, 6) is -1.65. The van der Waals surface area contributed by atoms with Crippen LogP contribution in [0.25, 0.3) is 0 Å². The van der Waals surface area contributed by atoms with Gasteiger partial charge in [-0.15, -0.1) is 13.2 Å². The standard InChI is InChI=1S/C11H11F3O3/c1-2-7-3-4-8(6-10(15)16)9(5-7)17-11(12,13)14/h3-5H,2,6H2,1H3,(H,15,16). The first-order valence-corrected chi connectivity index (χ1v) is 4.91. The lowest BCUT2D eigenvalue weighted by atomic mass is 10.1. The first kappa shape index (κ1) is 13.3. The van der Waals surface area contributed by atoms with Gasteiger partial charge in [-0.3, -0.25) is 4.79 Å². The Labute approximate surface area is 95.8 Å². The first-order chi connectivity index (χ1) is 7.81. The molecule has 0 saturated heterocycles. The molecule has 0 saturated carbocycles. The summed E-state index contributed by atoms with van der Waals surface area (Å²) in [6.07, 6.45) is -4.78. The monoisotopic (exact) mass is 248 g/mol. The van der Waals surface area contributed by atoms with Crippen LogP contribution in [0.4, 0.5) is 13.2 Å². The van der Waals surface area contributed by atoms with E-state index in [1.54, 1.807) is 13.0 Å². The minimum Gasteiger partial charge on any atom is -0.481 e. The molecule has 0 atom stereocenters. The van der Waals surface area contributed by atoms with Gasteiger partial charge in [0.15, 0.2) is 0 Å². The Hall–Kier alpha value is -1.72. The van der Waals surface area contributed by atoms with Crippen molar-refractivity contribution in [2.24, 2.45) is 0 Å². The van der Waals surface area contributed by atoms with Gasteiger partial charge in [-0.25, -0.2) is 0 Å². The van der Waals surface area contributed by atoms with Crippen molar-refractivity contribution in [1.82, 2.24) is 0 Å². The van der Waals surface area contributed by atoms with Crippen molar-refractivity contribution in [3.8, 4) is 5.75 Å². The summed E-state index contributed by atoms with van der Waals surface area (Å²) < 4.78 is 40.2. The van der Waals surface area contributed by atoms with E-state index < -0.39 is 24.5 Å². The van der Waals surface area contributed by atoms with Crippen LogP contribution in [-0.2, 0) is 17.6 Å². The molecule has 0 amide bonds. The van der Waals surface area contributed by atoms with Gasteiger partial charge < -0.3 is 9.84 Å². The highest BCUT2D eigenvalue weighted by Gasteiger charge is 2.32. The molecule has 1 N–H and O–H groups in total. The van der Waals surface area contributed by atoms with E-state index in [1.165, 1.54) is 12.1 Å². The summed E-state index contributed by atoms with van der Waals surface area (Å²) >= 11 is 0. The van der Waals surface area contributed by atoms with E-state index in [2.05, 4.69) is 4.74 Å². The highest BCUT2D eigenvalue weighted by Crippen LogP contribution is 2.28. The largest absolute Gasteiger partial charge is 0.573 e. The highest BCUT2D eigenvalue weighted by atomic mass is 19.4. The highest BCUT2D eigenvalue weighted by molar-refractivity contribution is 5.71. The molecule has 0 radical (unpaired) electrons. The van der Waals surface area contributed by atoms with Crippen molar-refractivity contribution >= 4 is 5.97 Å². The van der Waals surface area contributed by atoms with Crippen LogP contribution in [0.5, 0.6) is 5.75 Å². The van der Waals surface area contributed by atoms with Crippen LogP contribution in [0.3, 0.4) is 0 Å². The number of hydrogen-bond donors (Lipinski definition) is 1. The van der Waals surface area contributed by atoms with Crippen molar-refractivity contribution in [3.05, 3.63) is 29.3 Å². The van der Waals surface area contributed by atoms with Gasteiger partial charge in [0.1, 0.15) is 5.75 Å². The Bertz CT molecular complexity index is 413. The molecular weight excluding hydrogens is 237 g/mol. The zero-order chi connectivity index (χ0) is 13.1. The Balaban J connectivity index is 3.07. The summed E-state index contributed by atoms with van der Waals surface area (Å²) in [7, 11) is 0. The zero-order valence-corrected chi connectivity index (χ0v) is 9.04. The molecule has 3 nitrogen and oxygen atoms in total. The van der Waals surface area contributed by atoms with Crippen LogP contribution < -0.4 is 4.74 Å². The molecule has 0 aromatic heterocycles. The van der Waals surface area contributed by atoms with Crippen molar-refractivity contribution < 1.29 is 27.8 Å². The topological polar surface area (TPSA) is 46.5 Å². The minimum atomic E-state index is -4.82. The first-order valence-electron chi connectivity index (χ1n) is 4.91. The van der Waals surface area contributed by atoms with Crippen LogP contribution in [-0.4, -0.2) is 17.4 Å². The molecule has 0 unspecified atom stereocenters. The van der Waals surface area contributed by atoms with Crippen LogP contribution >= 0.6 is 0 Å². The number of carbonyl (C=O) groups is 1. The second-order valence-corrected chi connectivity index (χ2v) is 3.41. The predicted octanol–water partition coefficient (Wildman–Crippen LogP) is 2.77. The molecule has 1 rings (SSSR count). The zero-order valence-electron chi connectivity index (χ0n) is 9.04. The third-order valence-electron chi connectivity index (χ3n) is 2.11. The van der Waals surface area contributed by atoms with Gasteiger partial charge in [0.2, 0.25) is 0 Å². The second-order valence-electron chi connectivity index (χ2n) is 3.41. The third-order valence-corrected chi connectivity index (χ3v) is 2.11. The maximum absolute atomic E-state index is 12.1. The van der Waals surface area contributed by atoms with Gasteiger partial charge in [-0.05, 0) is 18.1 Å². The number of hydrogen-bond acceptors (Lipinski definition) is 2. The molecule has 1 aromatic carbocycles. The van der Waals surface area contributed by atoms with Crippen LogP contribution in [0.2, 0.25) is 0 Å². The smallest absolute Gasteiger partial charge is 0.481 e. The number of alkyl halides is 3. The molecule has 0 aliphatic carbocycles. The summed E-state index contributed by atoms with van der Waals surface area (Å²) in [6, 6.07) is 4.14. The van der Waals surface area contributed by atoms with Crippen LogP contribution in [0, 0.1) is 0 Å². The van der Waals surface area contributed by atoms with E-state index in [4.69, 9.17) is 5.11 Å². The number of rotatable bonds is 4. The van der Waals surface area contributed by atoms with Crippen molar-refractivity contribution in [2.45, 2.75) is 26.1 Å². The van der Waals surface area contributed by atoms with Crippen molar-refractivity contribution in [2.75, 3.05) is 0 Å². The van der Waals surface area contributed by atoms with E-state index in [-0.39, 0.29) is 5.56 Å². The molecule has 17 heavy (non-hydrogen) atoms. The van der Waals surface area contributed by atoms with E-state index in [0.717, 1.165) is 0 Å². The summed E-state index contributed by atoms with van der Waals surface area (Å²) in [6.45, 7) is 1.78.